The number of alkyl halides is 6. The van der Waals surface area contributed by atoms with Gasteiger partial charge in [0.15, 0.2) is 16.7 Å². The lowest BCUT2D eigenvalue weighted by Gasteiger charge is -2.35. The van der Waals surface area contributed by atoms with Crippen LogP contribution < -0.4 is 9.47 Å². The maximum Gasteiger partial charge on any atom is 0.416 e. The number of amides is 1. The van der Waals surface area contributed by atoms with Crippen LogP contribution in [0.3, 0.4) is 0 Å². The van der Waals surface area contributed by atoms with Gasteiger partial charge in [-0.2, -0.15) is 31.3 Å². The second-order valence-electron chi connectivity index (χ2n) is 9.91. The van der Waals surface area contributed by atoms with Crippen molar-refractivity contribution in [3.63, 3.8) is 0 Å². The molecule has 234 valence electrons. The number of piperazine rings is 1. The smallest absolute Gasteiger partial charge is 0.416 e. The zero-order valence-corrected chi connectivity index (χ0v) is 24.4. The molecule has 2 aliphatic heterocycles. The summed E-state index contributed by atoms with van der Waals surface area (Å²) in [5.41, 5.74) is -2.72. The number of unbranched alkanes of at least 4 members (excludes halogenated alkanes) is 1. The molecule has 14 heteroatoms. The van der Waals surface area contributed by atoms with Gasteiger partial charge in [0.05, 0.1) is 23.1 Å². The number of nitrogens with zero attached hydrogens (tertiary/aromatic N) is 3. The van der Waals surface area contributed by atoms with Crippen molar-refractivity contribution < 1.29 is 45.3 Å². The maximum atomic E-state index is 13.5. The van der Waals surface area contributed by atoms with Crippen molar-refractivity contribution in [3.05, 3.63) is 63.6 Å². The minimum absolute atomic E-state index is 0.0716. The number of methoxy groups -OCH3 is 2. The highest BCUT2D eigenvalue weighted by Gasteiger charge is 2.38. The third-order valence-electron chi connectivity index (χ3n) is 6.94. The van der Waals surface area contributed by atoms with Gasteiger partial charge in [0.2, 0.25) is 0 Å². The number of halogens is 6. The SMILES string of the molecule is COCCCCN1CCN(C2=NC(=O)C(=Cc3ccc(OCc4ccc(C(F)(F)F)cc4C(F)(F)F)c(OC)c3)S2)CC1. The maximum absolute atomic E-state index is 13.5. The quantitative estimate of drug-likeness (QED) is 0.173. The van der Waals surface area contributed by atoms with Crippen LogP contribution in [0.1, 0.15) is 35.1 Å². The number of hydrogen-bond donors (Lipinski definition) is 0. The van der Waals surface area contributed by atoms with Crippen molar-refractivity contribution in [2.75, 3.05) is 53.6 Å². The van der Waals surface area contributed by atoms with E-state index in [0.717, 1.165) is 58.2 Å². The van der Waals surface area contributed by atoms with Crippen molar-refractivity contribution >= 4 is 28.9 Å². The van der Waals surface area contributed by atoms with E-state index in [4.69, 9.17) is 14.2 Å². The second kappa shape index (κ2) is 14.0. The zero-order chi connectivity index (χ0) is 31.2. The van der Waals surface area contributed by atoms with Gasteiger partial charge >= 0.3 is 12.4 Å². The van der Waals surface area contributed by atoms with Crippen LogP contribution in [0.4, 0.5) is 26.3 Å². The Kier molecular flexibility index (Phi) is 10.7. The molecular weight excluding hydrogens is 600 g/mol. The minimum Gasteiger partial charge on any atom is -0.493 e. The number of aliphatic imine (C=N–C) groups is 1. The van der Waals surface area contributed by atoms with E-state index in [9.17, 15) is 31.1 Å². The van der Waals surface area contributed by atoms with E-state index in [2.05, 4.69) is 14.8 Å². The van der Waals surface area contributed by atoms with Gasteiger partial charge in [0, 0.05) is 45.5 Å². The summed E-state index contributed by atoms with van der Waals surface area (Å²) in [5.74, 6) is -0.114. The number of hydrogen-bond acceptors (Lipinski definition) is 7. The molecule has 2 aliphatic rings. The van der Waals surface area contributed by atoms with Crippen molar-refractivity contribution in [2.24, 2.45) is 4.99 Å². The van der Waals surface area contributed by atoms with E-state index in [0.29, 0.717) is 21.7 Å². The summed E-state index contributed by atoms with van der Waals surface area (Å²) >= 11 is 1.27. The molecule has 2 aromatic rings. The van der Waals surface area contributed by atoms with Crippen LogP contribution >= 0.6 is 11.8 Å². The van der Waals surface area contributed by atoms with Gasteiger partial charge in [0.25, 0.3) is 5.91 Å². The molecule has 0 unspecified atom stereocenters. The van der Waals surface area contributed by atoms with Crippen LogP contribution in [-0.2, 0) is 28.5 Å². The molecule has 2 heterocycles. The first-order chi connectivity index (χ1) is 20.4. The number of thioether (sulfide) groups is 1. The van der Waals surface area contributed by atoms with Crippen LogP contribution in [0.25, 0.3) is 6.08 Å². The summed E-state index contributed by atoms with van der Waals surface area (Å²) in [7, 11) is 3.03. The Morgan fingerprint density at radius 1 is 0.930 bits per heavy atom. The first-order valence-electron chi connectivity index (χ1n) is 13.5. The van der Waals surface area contributed by atoms with E-state index < -0.39 is 35.6 Å². The first-order valence-corrected chi connectivity index (χ1v) is 14.3. The highest BCUT2D eigenvalue weighted by molar-refractivity contribution is 8.18. The van der Waals surface area contributed by atoms with Crippen molar-refractivity contribution in [2.45, 2.75) is 31.8 Å². The molecule has 0 radical (unpaired) electrons. The summed E-state index contributed by atoms with van der Waals surface area (Å²) in [5, 5.41) is 0.638. The van der Waals surface area contributed by atoms with Gasteiger partial charge in [-0.25, -0.2) is 0 Å². The molecule has 0 aromatic heterocycles. The molecule has 7 nitrogen and oxygen atoms in total. The normalized spacial score (nSPS) is 17.5. The molecule has 0 saturated carbocycles. The molecule has 1 fully saturated rings. The summed E-state index contributed by atoms with van der Waals surface area (Å²) in [4.78, 5) is 21.7. The lowest BCUT2D eigenvalue weighted by molar-refractivity contribution is -0.143. The standard InChI is InChI=1S/C29H31F6N3O4S/c1-40-14-4-3-9-37-10-12-38(13-11-37)27-36-26(39)25(43-27)16-19-5-8-23(24(15-19)41-2)42-18-20-6-7-21(28(30,31)32)17-22(20)29(33,34)35/h5-8,15-17H,3-4,9-14,18H2,1-2H3. The monoisotopic (exact) mass is 631 g/mol. The lowest BCUT2D eigenvalue weighted by Crippen LogP contribution is -2.47. The Bertz CT molecular complexity index is 1350. The summed E-state index contributed by atoms with van der Waals surface area (Å²) in [6.07, 6.45) is -6.22. The van der Waals surface area contributed by atoms with E-state index in [1.165, 1.54) is 24.9 Å². The average molecular weight is 632 g/mol. The van der Waals surface area contributed by atoms with Gasteiger partial charge in [-0.15, -0.1) is 0 Å². The molecule has 0 N–H and O–H groups in total. The molecule has 43 heavy (non-hydrogen) atoms. The third kappa shape index (κ3) is 8.67. The summed E-state index contributed by atoms with van der Waals surface area (Å²) in [6, 6.07) is 6.00. The molecule has 0 spiro atoms. The van der Waals surface area contributed by atoms with Crippen LogP contribution in [0.5, 0.6) is 11.5 Å². The molecule has 0 bridgehead atoms. The molecule has 4 rings (SSSR count). The number of amidine groups is 1. The molecule has 0 atom stereocenters. The fourth-order valence-corrected chi connectivity index (χ4v) is 5.59. The van der Waals surface area contributed by atoms with Gasteiger partial charge in [-0.05, 0) is 67.1 Å². The predicted octanol–water partition coefficient (Wildman–Crippen LogP) is 6.33. The number of benzene rings is 2. The predicted molar refractivity (Wildman–Crippen MR) is 151 cm³/mol. The van der Waals surface area contributed by atoms with Crippen molar-refractivity contribution in [1.29, 1.82) is 0 Å². The van der Waals surface area contributed by atoms with Crippen molar-refractivity contribution in [3.8, 4) is 11.5 Å². The molecule has 1 saturated heterocycles. The third-order valence-corrected chi connectivity index (χ3v) is 7.98. The van der Waals surface area contributed by atoms with E-state index in [-0.39, 0.29) is 23.5 Å². The van der Waals surface area contributed by atoms with Crippen LogP contribution in [-0.4, -0.2) is 74.4 Å². The Balaban J connectivity index is 1.39. The molecule has 1 amide bonds. The highest BCUT2D eigenvalue weighted by atomic mass is 32.2. The Labute approximate surface area is 249 Å². The first kappa shape index (κ1) is 32.7. The van der Waals surface area contributed by atoms with Crippen LogP contribution in [0.2, 0.25) is 0 Å². The molecule has 2 aromatic carbocycles. The molecule has 0 aliphatic carbocycles. The average Bonchev–Trinajstić information content (AvgIpc) is 3.33. The number of carbonyl (C=O) groups excluding carboxylic acids is 1. The number of ether oxygens (including phenoxy) is 3. The van der Waals surface area contributed by atoms with Gasteiger partial charge in [0.1, 0.15) is 6.61 Å². The van der Waals surface area contributed by atoms with E-state index >= 15 is 0 Å². The van der Waals surface area contributed by atoms with Gasteiger partial charge in [-0.3, -0.25) is 9.69 Å². The molecular formula is C29H31F6N3O4S. The second-order valence-corrected chi connectivity index (χ2v) is 10.9. The topological polar surface area (TPSA) is 63.6 Å². The van der Waals surface area contributed by atoms with Gasteiger partial charge < -0.3 is 19.1 Å². The van der Waals surface area contributed by atoms with Crippen LogP contribution in [0, 0.1) is 0 Å². The summed E-state index contributed by atoms with van der Waals surface area (Å²) < 4.78 is 95.4. The Morgan fingerprint density at radius 3 is 2.33 bits per heavy atom. The lowest BCUT2D eigenvalue weighted by atomic mass is 10.0. The highest BCUT2D eigenvalue weighted by Crippen LogP contribution is 2.39. The van der Waals surface area contributed by atoms with E-state index in [1.807, 2.05) is 0 Å². The largest absolute Gasteiger partial charge is 0.493 e. The Hall–Kier alpha value is -3.23. The zero-order valence-electron chi connectivity index (χ0n) is 23.6. The van der Waals surface area contributed by atoms with Gasteiger partial charge in [-0.1, -0.05) is 12.1 Å². The fourth-order valence-electron chi connectivity index (χ4n) is 4.62. The minimum atomic E-state index is -5.01. The fraction of sp³-hybridized carbons (Fsp3) is 0.448. The summed E-state index contributed by atoms with van der Waals surface area (Å²) in [6.45, 7) is 4.35. The number of carbonyl (C=O) groups is 1. The van der Waals surface area contributed by atoms with Crippen LogP contribution in [0.15, 0.2) is 46.3 Å². The van der Waals surface area contributed by atoms with Crippen molar-refractivity contribution in [1.82, 2.24) is 9.80 Å². The number of rotatable bonds is 10. The van der Waals surface area contributed by atoms with E-state index in [1.54, 1.807) is 25.3 Å². The Morgan fingerprint density at radius 2 is 1.67 bits per heavy atom.